The lowest BCUT2D eigenvalue weighted by Crippen LogP contribution is -2.42. The molecule has 0 spiro atoms. The maximum absolute atomic E-state index is 11.9. The summed E-state index contributed by atoms with van der Waals surface area (Å²) in [6.07, 6.45) is 5.03. The Balaban J connectivity index is 2.31. The van der Waals surface area contributed by atoms with Crippen molar-refractivity contribution in [1.29, 1.82) is 0 Å². The zero-order valence-electron chi connectivity index (χ0n) is 11.2. The standard InChI is InChI=1S/C13H24N2O2/c1-4-5-6-7-8-14-11-9-12(16)15(10(2)3)13(11)17/h10-11,14H,4-9H2,1-3H3. The molecule has 2 amide bonds. The highest BCUT2D eigenvalue weighted by atomic mass is 16.2. The molecule has 17 heavy (non-hydrogen) atoms. The number of hydrogen-bond acceptors (Lipinski definition) is 3. The van der Waals surface area contributed by atoms with E-state index in [1.54, 1.807) is 0 Å². The number of carbonyl (C=O) groups excluding carboxylic acids is 2. The third kappa shape index (κ3) is 3.80. The van der Waals surface area contributed by atoms with Crippen LogP contribution in [0, 0.1) is 0 Å². The summed E-state index contributed by atoms with van der Waals surface area (Å²) in [5, 5.41) is 3.19. The predicted molar refractivity (Wildman–Crippen MR) is 67.5 cm³/mol. The van der Waals surface area contributed by atoms with Crippen LogP contribution in [0.1, 0.15) is 52.9 Å². The van der Waals surface area contributed by atoms with Crippen molar-refractivity contribution in [2.75, 3.05) is 6.54 Å². The number of likely N-dealkylation sites (tertiary alicyclic amines) is 1. The van der Waals surface area contributed by atoms with E-state index in [4.69, 9.17) is 0 Å². The molecule has 1 aliphatic heterocycles. The Labute approximate surface area is 104 Å². The third-order valence-electron chi connectivity index (χ3n) is 3.12. The molecule has 0 aliphatic carbocycles. The van der Waals surface area contributed by atoms with Crippen molar-refractivity contribution in [2.45, 2.75) is 65.0 Å². The summed E-state index contributed by atoms with van der Waals surface area (Å²) in [5.41, 5.74) is 0. The third-order valence-corrected chi connectivity index (χ3v) is 3.12. The molecule has 0 aromatic carbocycles. The Morgan fingerprint density at radius 2 is 2.00 bits per heavy atom. The number of imide groups is 1. The summed E-state index contributed by atoms with van der Waals surface area (Å²) >= 11 is 0. The van der Waals surface area contributed by atoms with Gasteiger partial charge in [-0.3, -0.25) is 14.5 Å². The molecule has 1 aliphatic rings. The molecule has 1 fully saturated rings. The fourth-order valence-electron chi connectivity index (χ4n) is 2.18. The fourth-order valence-corrected chi connectivity index (χ4v) is 2.18. The van der Waals surface area contributed by atoms with E-state index in [9.17, 15) is 9.59 Å². The molecule has 98 valence electrons. The maximum atomic E-state index is 11.9. The number of carbonyl (C=O) groups is 2. The number of unbranched alkanes of at least 4 members (excludes halogenated alkanes) is 3. The van der Waals surface area contributed by atoms with E-state index in [0.717, 1.165) is 13.0 Å². The van der Waals surface area contributed by atoms with E-state index in [-0.39, 0.29) is 23.9 Å². The van der Waals surface area contributed by atoms with Gasteiger partial charge in [-0.05, 0) is 26.8 Å². The molecule has 1 rings (SSSR count). The van der Waals surface area contributed by atoms with Gasteiger partial charge in [-0.2, -0.15) is 0 Å². The molecule has 1 unspecified atom stereocenters. The van der Waals surface area contributed by atoms with E-state index in [1.165, 1.54) is 24.2 Å². The molecule has 0 radical (unpaired) electrons. The first-order valence-corrected chi connectivity index (χ1v) is 6.67. The number of nitrogens with zero attached hydrogens (tertiary/aromatic N) is 1. The van der Waals surface area contributed by atoms with Gasteiger partial charge in [0.2, 0.25) is 11.8 Å². The van der Waals surface area contributed by atoms with Crippen LogP contribution >= 0.6 is 0 Å². The zero-order chi connectivity index (χ0) is 12.8. The van der Waals surface area contributed by atoms with Gasteiger partial charge in [0.15, 0.2) is 0 Å². The van der Waals surface area contributed by atoms with Crippen LogP contribution in [0.4, 0.5) is 0 Å². The average molecular weight is 240 g/mol. The van der Waals surface area contributed by atoms with Gasteiger partial charge in [0, 0.05) is 6.04 Å². The number of rotatable bonds is 7. The molecule has 4 heteroatoms. The van der Waals surface area contributed by atoms with Crippen molar-refractivity contribution in [1.82, 2.24) is 10.2 Å². The monoisotopic (exact) mass is 240 g/mol. The first kappa shape index (κ1) is 14.2. The van der Waals surface area contributed by atoms with Crippen molar-refractivity contribution in [2.24, 2.45) is 0 Å². The second-order valence-corrected chi connectivity index (χ2v) is 4.97. The summed E-state index contributed by atoms with van der Waals surface area (Å²) in [7, 11) is 0. The minimum Gasteiger partial charge on any atom is -0.305 e. The predicted octanol–water partition coefficient (Wildman–Crippen LogP) is 1.69. The smallest absolute Gasteiger partial charge is 0.247 e. The normalized spacial score (nSPS) is 20.7. The Hall–Kier alpha value is -0.900. The Kier molecular flexibility index (Phi) is 5.62. The lowest BCUT2D eigenvalue weighted by atomic mass is 10.2. The SMILES string of the molecule is CCCCCCNC1CC(=O)N(C(C)C)C1=O. The zero-order valence-corrected chi connectivity index (χ0v) is 11.2. The molecule has 4 nitrogen and oxygen atoms in total. The molecular weight excluding hydrogens is 216 g/mol. The molecule has 1 heterocycles. The number of hydrogen-bond donors (Lipinski definition) is 1. The molecule has 0 aromatic heterocycles. The van der Waals surface area contributed by atoms with Crippen LogP contribution in [-0.2, 0) is 9.59 Å². The molecule has 0 aromatic rings. The molecule has 1 saturated heterocycles. The second-order valence-electron chi connectivity index (χ2n) is 4.97. The van der Waals surface area contributed by atoms with Gasteiger partial charge in [0.1, 0.15) is 0 Å². The maximum Gasteiger partial charge on any atom is 0.247 e. The second kappa shape index (κ2) is 6.74. The van der Waals surface area contributed by atoms with Crippen molar-refractivity contribution < 1.29 is 9.59 Å². The summed E-state index contributed by atoms with van der Waals surface area (Å²) in [4.78, 5) is 24.9. The van der Waals surface area contributed by atoms with Gasteiger partial charge >= 0.3 is 0 Å². The lowest BCUT2D eigenvalue weighted by molar-refractivity contribution is -0.140. The van der Waals surface area contributed by atoms with Gasteiger partial charge < -0.3 is 5.32 Å². The van der Waals surface area contributed by atoms with Crippen LogP contribution < -0.4 is 5.32 Å². The van der Waals surface area contributed by atoms with Crippen LogP contribution in [0.15, 0.2) is 0 Å². The summed E-state index contributed by atoms with van der Waals surface area (Å²) in [6.45, 7) is 6.75. The van der Waals surface area contributed by atoms with E-state index in [1.807, 2.05) is 13.8 Å². The van der Waals surface area contributed by atoms with Gasteiger partial charge in [0.05, 0.1) is 12.5 Å². The average Bonchev–Trinajstić information content (AvgIpc) is 2.53. The first-order chi connectivity index (χ1) is 8.07. The van der Waals surface area contributed by atoms with E-state index in [2.05, 4.69) is 12.2 Å². The van der Waals surface area contributed by atoms with Crippen molar-refractivity contribution in [3.8, 4) is 0 Å². The van der Waals surface area contributed by atoms with Gasteiger partial charge in [-0.1, -0.05) is 26.2 Å². The van der Waals surface area contributed by atoms with Gasteiger partial charge in [-0.15, -0.1) is 0 Å². The minimum atomic E-state index is -0.286. The van der Waals surface area contributed by atoms with E-state index < -0.39 is 0 Å². The fraction of sp³-hybridized carbons (Fsp3) is 0.846. The number of nitrogens with one attached hydrogen (secondary N) is 1. The summed E-state index contributed by atoms with van der Waals surface area (Å²) < 4.78 is 0. The Morgan fingerprint density at radius 3 is 2.53 bits per heavy atom. The molecule has 0 bridgehead atoms. The summed E-state index contributed by atoms with van der Waals surface area (Å²) in [5.74, 6) is -0.100. The Bertz CT molecular complexity index is 277. The topological polar surface area (TPSA) is 49.4 Å². The highest BCUT2D eigenvalue weighted by Crippen LogP contribution is 2.16. The van der Waals surface area contributed by atoms with Crippen molar-refractivity contribution in [3.63, 3.8) is 0 Å². The largest absolute Gasteiger partial charge is 0.305 e. The molecular formula is C13H24N2O2. The van der Waals surface area contributed by atoms with Crippen molar-refractivity contribution in [3.05, 3.63) is 0 Å². The molecule has 1 atom stereocenters. The molecule has 0 saturated carbocycles. The quantitative estimate of drug-likeness (QED) is 0.544. The molecule has 1 N–H and O–H groups in total. The van der Waals surface area contributed by atoms with E-state index in [0.29, 0.717) is 6.42 Å². The van der Waals surface area contributed by atoms with Crippen LogP contribution in [0.25, 0.3) is 0 Å². The minimum absolute atomic E-state index is 0.0260. The van der Waals surface area contributed by atoms with Crippen LogP contribution in [0.3, 0.4) is 0 Å². The van der Waals surface area contributed by atoms with E-state index >= 15 is 0 Å². The Morgan fingerprint density at radius 1 is 1.29 bits per heavy atom. The van der Waals surface area contributed by atoms with Gasteiger partial charge in [-0.25, -0.2) is 0 Å². The highest BCUT2D eigenvalue weighted by molar-refractivity contribution is 6.05. The van der Waals surface area contributed by atoms with Crippen LogP contribution in [0.5, 0.6) is 0 Å². The van der Waals surface area contributed by atoms with Crippen LogP contribution in [-0.4, -0.2) is 35.3 Å². The lowest BCUT2D eigenvalue weighted by Gasteiger charge is -2.19. The highest BCUT2D eigenvalue weighted by Gasteiger charge is 2.39. The first-order valence-electron chi connectivity index (χ1n) is 6.67. The van der Waals surface area contributed by atoms with Crippen LogP contribution in [0.2, 0.25) is 0 Å². The van der Waals surface area contributed by atoms with Gasteiger partial charge in [0.25, 0.3) is 0 Å². The van der Waals surface area contributed by atoms with Crippen molar-refractivity contribution >= 4 is 11.8 Å². The summed E-state index contributed by atoms with van der Waals surface area (Å²) in [6, 6.07) is -0.312. The number of amides is 2.